The van der Waals surface area contributed by atoms with Crippen molar-refractivity contribution in [2.24, 2.45) is 0 Å². The summed E-state index contributed by atoms with van der Waals surface area (Å²) >= 11 is 0. The van der Waals surface area contributed by atoms with Crippen molar-refractivity contribution in [3.05, 3.63) is 290 Å². The molecule has 0 amide bonds. The fourth-order valence-electron chi connectivity index (χ4n) is 13.6. The first-order valence-corrected chi connectivity index (χ1v) is 27.4. The van der Waals surface area contributed by atoms with E-state index in [-0.39, 0.29) is 5.41 Å². The van der Waals surface area contributed by atoms with E-state index in [1.165, 1.54) is 98.2 Å². The van der Waals surface area contributed by atoms with Gasteiger partial charge in [-0.2, -0.15) is 0 Å². The van der Waals surface area contributed by atoms with Gasteiger partial charge in [-0.25, -0.2) is 0 Å². The maximum atomic E-state index is 2.51. The molecule has 0 spiro atoms. The first kappa shape index (κ1) is 45.1. The molecule has 0 saturated carbocycles. The van der Waals surface area contributed by atoms with Gasteiger partial charge in [-0.05, 0) is 158 Å². The first-order chi connectivity index (χ1) is 39.0. The molecule has 4 nitrogen and oxygen atoms in total. The molecule has 0 unspecified atom stereocenters. The van der Waals surface area contributed by atoms with E-state index in [1.807, 2.05) is 0 Å². The van der Waals surface area contributed by atoms with Gasteiger partial charge in [0.1, 0.15) is 0 Å². The fourth-order valence-corrected chi connectivity index (χ4v) is 13.6. The van der Waals surface area contributed by atoms with Crippen molar-refractivity contribution in [3.63, 3.8) is 0 Å². The highest BCUT2D eigenvalue weighted by Crippen LogP contribution is 2.55. The van der Waals surface area contributed by atoms with E-state index in [0.717, 1.165) is 45.5 Å². The lowest BCUT2D eigenvalue weighted by Gasteiger charge is -2.37. The summed E-state index contributed by atoms with van der Waals surface area (Å²) in [5.74, 6) is 0. The number of rotatable bonds is 8. The smallest absolute Gasteiger partial charge is 0.0562 e. The number of fused-ring (bicyclic) bond motifs is 12. The molecule has 0 radical (unpaired) electrons. The minimum absolute atomic E-state index is 0.346. The largest absolute Gasteiger partial charge is 0.310 e. The molecular formula is C75H52N4. The predicted molar refractivity (Wildman–Crippen MR) is 335 cm³/mol. The molecule has 1 aliphatic carbocycles. The summed E-state index contributed by atoms with van der Waals surface area (Å²) < 4.78 is 4.83. The normalized spacial score (nSPS) is 12.8. The van der Waals surface area contributed by atoms with Crippen LogP contribution in [0.2, 0.25) is 0 Å². The van der Waals surface area contributed by atoms with Gasteiger partial charge in [-0.1, -0.05) is 184 Å². The molecule has 15 aromatic rings. The number of aromatic nitrogens is 2. The zero-order valence-electron chi connectivity index (χ0n) is 43.8. The quantitative estimate of drug-likeness (QED) is 0.141. The summed E-state index contributed by atoms with van der Waals surface area (Å²) in [4.78, 5) is 4.99. The SMILES string of the molecule is CC1(C)c2cc(N(c3ccccc3)c3cccc4c3c3ccccc3n4-c3ccccc3)ccc2-c2cc3c4ccccc4c(N(c4ccccc4)c4cccc5c4c4ccccc4n5-c4ccccc4)cc3c3cccc1c23. The van der Waals surface area contributed by atoms with Crippen LogP contribution in [0.5, 0.6) is 0 Å². The number of nitrogens with zero attached hydrogens (tertiary/aromatic N) is 4. The molecular weight excluding hydrogens is 957 g/mol. The summed E-state index contributed by atoms with van der Waals surface area (Å²) in [6.07, 6.45) is 0. The average molecular weight is 1010 g/mol. The molecule has 0 atom stereocenters. The Morgan fingerprint density at radius 1 is 0.266 bits per heavy atom. The third kappa shape index (κ3) is 6.68. The van der Waals surface area contributed by atoms with Crippen molar-refractivity contribution in [1.29, 1.82) is 0 Å². The third-order valence-corrected chi connectivity index (χ3v) is 17.0. The van der Waals surface area contributed by atoms with Crippen LogP contribution in [-0.4, -0.2) is 9.13 Å². The summed E-state index contributed by atoms with van der Waals surface area (Å²) in [6, 6.07) is 103. The van der Waals surface area contributed by atoms with E-state index >= 15 is 0 Å². The van der Waals surface area contributed by atoms with Gasteiger partial charge in [0.15, 0.2) is 0 Å². The lowest BCUT2D eigenvalue weighted by atomic mass is 9.68. The van der Waals surface area contributed by atoms with E-state index in [2.05, 4.69) is 312 Å². The Morgan fingerprint density at radius 3 is 1.32 bits per heavy atom. The van der Waals surface area contributed by atoms with Gasteiger partial charge in [0.05, 0.1) is 39.1 Å². The second-order valence-electron chi connectivity index (χ2n) is 21.6. The minimum Gasteiger partial charge on any atom is -0.310 e. The third-order valence-electron chi connectivity index (χ3n) is 17.0. The van der Waals surface area contributed by atoms with Crippen molar-refractivity contribution < 1.29 is 0 Å². The standard InChI is InChI=1S/C75H52N4/c1-75(2)63-37-21-36-57-61-48-71(79(52-30-13-6-14-31-52)70-43-23-42-69-74(70)59-35-18-20-39-66(59)78(69)51-28-11-5-12-29-51)56-33-16-15-32-54(56)60(61)47-62(72(57)63)55-45-44-53(46-64(55)75)76(49-24-7-3-8-25-49)67-40-22-41-68-73(67)58-34-17-19-38-65(58)77(68)50-26-9-4-10-27-50/h3-48H,1-2H3. The summed E-state index contributed by atoms with van der Waals surface area (Å²) in [7, 11) is 0. The molecule has 4 heteroatoms. The Morgan fingerprint density at radius 2 is 0.722 bits per heavy atom. The molecule has 372 valence electrons. The number of para-hydroxylation sites is 6. The van der Waals surface area contributed by atoms with Gasteiger partial charge in [0, 0.05) is 60.8 Å². The van der Waals surface area contributed by atoms with Crippen LogP contribution in [0.3, 0.4) is 0 Å². The molecule has 2 aromatic heterocycles. The van der Waals surface area contributed by atoms with Crippen LogP contribution < -0.4 is 9.80 Å². The predicted octanol–water partition coefficient (Wildman–Crippen LogP) is 20.6. The number of hydrogen-bond acceptors (Lipinski definition) is 2. The van der Waals surface area contributed by atoms with Gasteiger partial charge < -0.3 is 18.9 Å². The average Bonchev–Trinajstić information content (AvgIpc) is 4.11. The molecule has 0 aliphatic heterocycles. The topological polar surface area (TPSA) is 16.3 Å². The van der Waals surface area contributed by atoms with E-state index in [1.54, 1.807) is 0 Å². The summed E-state index contributed by atoms with van der Waals surface area (Å²) in [5.41, 5.74) is 18.6. The summed E-state index contributed by atoms with van der Waals surface area (Å²) in [6.45, 7) is 4.85. The van der Waals surface area contributed by atoms with E-state index in [0.29, 0.717) is 0 Å². The van der Waals surface area contributed by atoms with Crippen LogP contribution in [0.1, 0.15) is 25.0 Å². The molecule has 0 saturated heterocycles. The van der Waals surface area contributed by atoms with Crippen molar-refractivity contribution in [1.82, 2.24) is 9.13 Å². The Balaban J connectivity index is 0.923. The highest BCUT2D eigenvalue weighted by atomic mass is 15.2. The molecule has 0 bridgehead atoms. The maximum Gasteiger partial charge on any atom is 0.0562 e. The Bertz CT molecular complexity index is 4920. The van der Waals surface area contributed by atoms with Crippen LogP contribution in [0.25, 0.3) is 98.4 Å². The number of hydrogen-bond donors (Lipinski definition) is 0. The second kappa shape index (κ2) is 17.4. The van der Waals surface area contributed by atoms with Crippen molar-refractivity contribution in [2.45, 2.75) is 19.3 Å². The second-order valence-corrected chi connectivity index (χ2v) is 21.6. The molecule has 2 heterocycles. The van der Waals surface area contributed by atoms with E-state index < -0.39 is 0 Å². The van der Waals surface area contributed by atoms with E-state index in [4.69, 9.17) is 0 Å². The Hall–Kier alpha value is -10.2. The molecule has 13 aromatic carbocycles. The van der Waals surface area contributed by atoms with Crippen LogP contribution in [-0.2, 0) is 5.41 Å². The van der Waals surface area contributed by atoms with Crippen LogP contribution in [0, 0.1) is 0 Å². The molecule has 0 fully saturated rings. The van der Waals surface area contributed by atoms with Gasteiger partial charge in [0.25, 0.3) is 0 Å². The zero-order valence-corrected chi connectivity index (χ0v) is 43.8. The van der Waals surface area contributed by atoms with Gasteiger partial charge in [0.2, 0.25) is 0 Å². The highest BCUT2D eigenvalue weighted by Gasteiger charge is 2.36. The fraction of sp³-hybridized carbons (Fsp3) is 0.0400. The molecule has 79 heavy (non-hydrogen) atoms. The van der Waals surface area contributed by atoms with Crippen LogP contribution in [0.4, 0.5) is 34.1 Å². The molecule has 0 N–H and O–H groups in total. The Kier molecular flexibility index (Phi) is 9.95. The lowest BCUT2D eigenvalue weighted by Crippen LogP contribution is -2.24. The van der Waals surface area contributed by atoms with E-state index in [9.17, 15) is 0 Å². The monoisotopic (exact) mass is 1010 g/mol. The van der Waals surface area contributed by atoms with Gasteiger partial charge in [-0.15, -0.1) is 0 Å². The van der Waals surface area contributed by atoms with Crippen molar-refractivity contribution >= 4 is 110 Å². The number of anilines is 6. The van der Waals surface area contributed by atoms with Crippen molar-refractivity contribution in [3.8, 4) is 22.5 Å². The first-order valence-electron chi connectivity index (χ1n) is 27.4. The minimum atomic E-state index is -0.346. The zero-order chi connectivity index (χ0) is 52.3. The van der Waals surface area contributed by atoms with Crippen molar-refractivity contribution in [2.75, 3.05) is 9.80 Å². The van der Waals surface area contributed by atoms with Crippen LogP contribution >= 0.6 is 0 Å². The summed E-state index contributed by atoms with van der Waals surface area (Å²) in [5, 5.41) is 12.3. The highest BCUT2D eigenvalue weighted by molar-refractivity contribution is 6.27. The lowest BCUT2D eigenvalue weighted by molar-refractivity contribution is 0.645. The molecule has 16 rings (SSSR count). The van der Waals surface area contributed by atoms with Crippen LogP contribution in [0.15, 0.2) is 279 Å². The molecule has 1 aliphatic rings. The maximum absolute atomic E-state index is 2.51. The van der Waals surface area contributed by atoms with Gasteiger partial charge >= 0.3 is 0 Å². The van der Waals surface area contributed by atoms with Gasteiger partial charge in [-0.3, -0.25) is 0 Å². The Labute approximate surface area is 458 Å². The number of benzene rings is 13.